The van der Waals surface area contributed by atoms with Crippen molar-refractivity contribution in [3.8, 4) is 0 Å². The molecule has 0 heterocycles. The SMILES string of the molecule is CCS(=O)(=O)CCCN(C)CCNCC(C)C. The van der Waals surface area contributed by atoms with E-state index in [0.717, 1.165) is 32.6 Å². The molecule has 0 saturated heterocycles. The lowest BCUT2D eigenvalue weighted by molar-refractivity contribution is 0.329. The molecule has 0 aromatic carbocycles. The van der Waals surface area contributed by atoms with Crippen molar-refractivity contribution >= 4 is 9.84 Å². The Morgan fingerprint density at radius 3 is 2.41 bits per heavy atom. The van der Waals surface area contributed by atoms with Gasteiger partial charge in [0.1, 0.15) is 9.84 Å². The quantitative estimate of drug-likeness (QED) is 0.598. The molecule has 0 spiro atoms. The van der Waals surface area contributed by atoms with Gasteiger partial charge in [-0.25, -0.2) is 8.42 Å². The van der Waals surface area contributed by atoms with Gasteiger partial charge in [-0.2, -0.15) is 0 Å². The summed E-state index contributed by atoms with van der Waals surface area (Å²) in [6, 6.07) is 0. The zero-order valence-electron chi connectivity index (χ0n) is 11.7. The smallest absolute Gasteiger partial charge is 0.150 e. The van der Waals surface area contributed by atoms with Crippen molar-refractivity contribution in [2.75, 3.05) is 44.7 Å². The molecule has 17 heavy (non-hydrogen) atoms. The number of likely N-dealkylation sites (N-methyl/N-ethyl adjacent to an activating group) is 1. The highest BCUT2D eigenvalue weighted by atomic mass is 32.2. The van der Waals surface area contributed by atoms with Gasteiger partial charge in [0.05, 0.1) is 5.75 Å². The van der Waals surface area contributed by atoms with E-state index in [1.807, 2.05) is 7.05 Å². The zero-order valence-corrected chi connectivity index (χ0v) is 12.5. The molecule has 0 radical (unpaired) electrons. The fourth-order valence-corrected chi connectivity index (χ4v) is 2.33. The van der Waals surface area contributed by atoms with Gasteiger partial charge in [-0.1, -0.05) is 20.8 Å². The Balaban J connectivity index is 3.50. The number of nitrogens with one attached hydrogen (secondary N) is 1. The predicted octanol–water partition coefficient (Wildman–Crippen LogP) is 0.989. The molecular weight excluding hydrogens is 236 g/mol. The monoisotopic (exact) mass is 264 g/mol. The number of hydrogen-bond donors (Lipinski definition) is 1. The maximum absolute atomic E-state index is 11.3. The largest absolute Gasteiger partial charge is 0.315 e. The Morgan fingerprint density at radius 2 is 1.88 bits per heavy atom. The number of sulfone groups is 1. The molecule has 0 aliphatic carbocycles. The Hall–Kier alpha value is -0.130. The molecule has 0 atom stereocenters. The molecular formula is C12H28N2O2S. The van der Waals surface area contributed by atoms with Crippen molar-refractivity contribution in [3.63, 3.8) is 0 Å². The molecule has 0 aromatic heterocycles. The molecule has 0 bridgehead atoms. The first kappa shape index (κ1) is 16.9. The van der Waals surface area contributed by atoms with Gasteiger partial charge in [-0.05, 0) is 32.5 Å². The molecule has 4 nitrogen and oxygen atoms in total. The van der Waals surface area contributed by atoms with Crippen LogP contribution in [0, 0.1) is 5.92 Å². The third kappa shape index (κ3) is 10.7. The van der Waals surface area contributed by atoms with E-state index in [2.05, 4.69) is 24.1 Å². The van der Waals surface area contributed by atoms with E-state index in [4.69, 9.17) is 0 Å². The molecule has 5 heteroatoms. The third-order valence-corrected chi connectivity index (χ3v) is 4.45. The molecule has 0 fully saturated rings. The van der Waals surface area contributed by atoms with Gasteiger partial charge in [-0.3, -0.25) is 0 Å². The highest BCUT2D eigenvalue weighted by Gasteiger charge is 2.07. The van der Waals surface area contributed by atoms with Gasteiger partial charge in [0.15, 0.2) is 0 Å². The average molecular weight is 264 g/mol. The molecule has 0 aromatic rings. The fourth-order valence-electron chi connectivity index (χ4n) is 1.47. The van der Waals surface area contributed by atoms with Crippen LogP contribution in [-0.2, 0) is 9.84 Å². The minimum Gasteiger partial charge on any atom is -0.315 e. The molecule has 1 N–H and O–H groups in total. The summed E-state index contributed by atoms with van der Waals surface area (Å²) in [4.78, 5) is 2.18. The minimum absolute atomic E-state index is 0.257. The summed E-state index contributed by atoms with van der Waals surface area (Å²) in [5.74, 6) is 1.25. The van der Waals surface area contributed by atoms with Crippen LogP contribution in [0.15, 0.2) is 0 Å². The third-order valence-electron chi connectivity index (χ3n) is 2.66. The lowest BCUT2D eigenvalue weighted by Crippen LogP contribution is -2.32. The van der Waals surface area contributed by atoms with Crippen LogP contribution in [0.4, 0.5) is 0 Å². The molecule has 104 valence electrons. The van der Waals surface area contributed by atoms with Gasteiger partial charge >= 0.3 is 0 Å². The highest BCUT2D eigenvalue weighted by molar-refractivity contribution is 7.91. The van der Waals surface area contributed by atoms with Crippen molar-refractivity contribution in [2.24, 2.45) is 5.92 Å². The van der Waals surface area contributed by atoms with E-state index < -0.39 is 9.84 Å². The lowest BCUT2D eigenvalue weighted by atomic mass is 10.2. The van der Waals surface area contributed by atoms with Gasteiger partial charge in [0.25, 0.3) is 0 Å². The van der Waals surface area contributed by atoms with Crippen LogP contribution in [0.2, 0.25) is 0 Å². The predicted molar refractivity (Wildman–Crippen MR) is 74.1 cm³/mol. The van der Waals surface area contributed by atoms with Crippen LogP contribution in [0.1, 0.15) is 27.2 Å². The molecule has 0 saturated carbocycles. The van der Waals surface area contributed by atoms with Crippen LogP contribution in [-0.4, -0.2) is 58.1 Å². The second-order valence-electron chi connectivity index (χ2n) is 4.99. The van der Waals surface area contributed by atoms with E-state index in [1.165, 1.54) is 0 Å². The minimum atomic E-state index is -2.79. The van der Waals surface area contributed by atoms with Crippen molar-refractivity contribution in [3.05, 3.63) is 0 Å². The summed E-state index contributed by atoms with van der Waals surface area (Å²) >= 11 is 0. The first-order valence-electron chi connectivity index (χ1n) is 6.47. The van der Waals surface area contributed by atoms with Gasteiger partial charge < -0.3 is 10.2 Å². The summed E-state index contributed by atoms with van der Waals surface area (Å²) in [7, 11) is -0.757. The van der Waals surface area contributed by atoms with Crippen LogP contribution >= 0.6 is 0 Å². The van der Waals surface area contributed by atoms with E-state index in [1.54, 1.807) is 6.92 Å². The Labute approximate surface area is 107 Å². The standard InChI is InChI=1S/C12H28N2O2S/c1-5-17(15,16)10-6-8-14(4)9-7-13-11-12(2)3/h12-13H,5-11H2,1-4H3. The number of nitrogens with zero attached hydrogens (tertiary/aromatic N) is 1. The lowest BCUT2D eigenvalue weighted by Gasteiger charge is -2.17. The van der Waals surface area contributed by atoms with Crippen molar-refractivity contribution in [1.82, 2.24) is 10.2 Å². The van der Waals surface area contributed by atoms with Crippen LogP contribution in [0.25, 0.3) is 0 Å². The fraction of sp³-hybridized carbons (Fsp3) is 1.00. The first-order chi connectivity index (χ1) is 7.87. The normalized spacial score (nSPS) is 12.6. The molecule has 0 unspecified atom stereocenters. The van der Waals surface area contributed by atoms with Gasteiger partial charge in [0.2, 0.25) is 0 Å². The van der Waals surface area contributed by atoms with E-state index >= 15 is 0 Å². The van der Waals surface area contributed by atoms with Crippen molar-refractivity contribution in [1.29, 1.82) is 0 Å². The summed E-state index contributed by atoms with van der Waals surface area (Å²) in [5.41, 5.74) is 0. The average Bonchev–Trinajstić information content (AvgIpc) is 2.24. The summed E-state index contributed by atoms with van der Waals surface area (Å²) in [6.45, 7) is 9.91. The van der Waals surface area contributed by atoms with Gasteiger partial charge in [-0.15, -0.1) is 0 Å². The van der Waals surface area contributed by atoms with E-state index in [-0.39, 0.29) is 5.75 Å². The highest BCUT2D eigenvalue weighted by Crippen LogP contribution is 1.95. The number of hydrogen-bond acceptors (Lipinski definition) is 4. The van der Waals surface area contributed by atoms with Crippen molar-refractivity contribution < 1.29 is 8.42 Å². The first-order valence-corrected chi connectivity index (χ1v) is 8.29. The van der Waals surface area contributed by atoms with Crippen LogP contribution in [0.5, 0.6) is 0 Å². The van der Waals surface area contributed by atoms with E-state index in [9.17, 15) is 8.42 Å². The van der Waals surface area contributed by atoms with E-state index in [0.29, 0.717) is 11.7 Å². The summed E-state index contributed by atoms with van der Waals surface area (Å²) in [6.07, 6.45) is 0.733. The van der Waals surface area contributed by atoms with Crippen LogP contribution < -0.4 is 5.32 Å². The molecule has 0 amide bonds. The molecule has 0 aliphatic rings. The maximum atomic E-state index is 11.3. The second-order valence-corrected chi connectivity index (χ2v) is 7.46. The van der Waals surface area contributed by atoms with Gasteiger partial charge in [0, 0.05) is 18.8 Å². The topological polar surface area (TPSA) is 49.4 Å². The molecule has 0 aliphatic heterocycles. The number of rotatable bonds is 10. The Kier molecular flexibility index (Phi) is 8.82. The van der Waals surface area contributed by atoms with Crippen LogP contribution in [0.3, 0.4) is 0 Å². The Morgan fingerprint density at radius 1 is 1.24 bits per heavy atom. The zero-order chi connectivity index (χ0) is 13.3. The summed E-state index contributed by atoms with van der Waals surface area (Å²) in [5, 5.41) is 3.37. The maximum Gasteiger partial charge on any atom is 0.150 e. The van der Waals surface area contributed by atoms with Crippen molar-refractivity contribution in [2.45, 2.75) is 27.2 Å². The molecule has 0 rings (SSSR count). The Bertz CT molecular complexity index is 276. The summed E-state index contributed by atoms with van der Waals surface area (Å²) < 4.78 is 22.6. The second kappa shape index (κ2) is 8.89.